The minimum absolute atomic E-state index is 0.225. The molecule has 2 amide bonds. The van der Waals surface area contributed by atoms with Gasteiger partial charge >= 0.3 is 5.97 Å². The van der Waals surface area contributed by atoms with E-state index in [0.717, 1.165) is 17.7 Å². The molecule has 0 atom stereocenters. The summed E-state index contributed by atoms with van der Waals surface area (Å²) >= 11 is 0. The van der Waals surface area contributed by atoms with E-state index in [-0.39, 0.29) is 5.56 Å². The van der Waals surface area contributed by atoms with E-state index >= 15 is 0 Å². The van der Waals surface area contributed by atoms with Crippen molar-refractivity contribution < 1.29 is 28.2 Å². The molecule has 7 nitrogen and oxygen atoms in total. The number of nitrogens with one attached hydrogen (secondary N) is 2. The highest BCUT2D eigenvalue weighted by atomic mass is 19.1. The molecule has 2 aromatic carbocycles. The first-order chi connectivity index (χ1) is 13.0. The monoisotopic (exact) mass is 372 g/mol. The molecule has 0 aliphatic heterocycles. The molecular weight excluding hydrogens is 355 g/mol. The zero-order valence-corrected chi connectivity index (χ0v) is 14.4. The fourth-order valence-electron chi connectivity index (χ4n) is 1.94. The molecule has 0 radical (unpaired) electrons. The van der Waals surface area contributed by atoms with Gasteiger partial charge in [0.25, 0.3) is 11.8 Å². The van der Waals surface area contributed by atoms with Crippen LogP contribution in [0.5, 0.6) is 5.75 Å². The van der Waals surface area contributed by atoms with Crippen LogP contribution in [0.15, 0.2) is 54.6 Å². The van der Waals surface area contributed by atoms with Crippen molar-refractivity contribution in [2.45, 2.75) is 0 Å². The predicted molar refractivity (Wildman–Crippen MR) is 95.0 cm³/mol. The summed E-state index contributed by atoms with van der Waals surface area (Å²) in [5.74, 6) is -2.37. The van der Waals surface area contributed by atoms with E-state index in [9.17, 15) is 18.8 Å². The molecule has 27 heavy (non-hydrogen) atoms. The number of ether oxygens (including phenoxy) is 2. The van der Waals surface area contributed by atoms with Crippen LogP contribution >= 0.6 is 0 Å². The van der Waals surface area contributed by atoms with E-state index in [1.165, 1.54) is 24.3 Å². The van der Waals surface area contributed by atoms with Gasteiger partial charge in [-0.25, -0.2) is 9.18 Å². The number of carbonyl (C=O) groups is 3. The van der Waals surface area contributed by atoms with Crippen molar-refractivity contribution in [2.75, 3.05) is 13.7 Å². The Hall–Kier alpha value is -3.68. The Balaban J connectivity index is 1.74. The van der Waals surface area contributed by atoms with Crippen molar-refractivity contribution in [3.63, 3.8) is 0 Å². The number of hydrazine groups is 1. The average Bonchev–Trinajstić information content (AvgIpc) is 2.69. The highest BCUT2D eigenvalue weighted by molar-refractivity contribution is 5.96. The molecule has 8 heteroatoms. The minimum Gasteiger partial charge on any atom is -0.497 e. The van der Waals surface area contributed by atoms with Crippen LogP contribution in [0.1, 0.15) is 15.9 Å². The first-order valence-electron chi connectivity index (χ1n) is 7.82. The summed E-state index contributed by atoms with van der Waals surface area (Å²) in [6.07, 6.45) is 2.67. The Kier molecular flexibility index (Phi) is 7.07. The van der Waals surface area contributed by atoms with Gasteiger partial charge in [-0.1, -0.05) is 24.3 Å². The zero-order valence-electron chi connectivity index (χ0n) is 14.4. The van der Waals surface area contributed by atoms with Gasteiger partial charge in [0.05, 0.1) is 12.7 Å². The van der Waals surface area contributed by atoms with Crippen LogP contribution in [0.4, 0.5) is 4.39 Å². The summed E-state index contributed by atoms with van der Waals surface area (Å²) in [7, 11) is 1.55. The van der Waals surface area contributed by atoms with Crippen LogP contribution in [0.2, 0.25) is 0 Å². The SMILES string of the molecule is COc1ccc(/C=C/C(=O)OCC(=O)NNC(=O)c2ccccc2F)cc1. The van der Waals surface area contributed by atoms with Crippen LogP contribution in [0.3, 0.4) is 0 Å². The lowest BCUT2D eigenvalue weighted by atomic mass is 10.2. The summed E-state index contributed by atoms with van der Waals surface area (Å²) in [6, 6.07) is 12.3. The van der Waals surface area contributed by atoms with E-state index in [1.807, 2.05) is 10.9 Å². The molecule has 0 bridgehead atoms. The highest BCUT2D eigenvalue weighted by Crippen LogP contribution is 2.12. The molecule has 0 aromatic heterocycles. The molecule has 0 aliphatic carbocycles. The van der Waals surface area contributed by atoms with Gasteiger partial charge in [0.1, 0.15) is 11.6 Å². The largest absolute Gasteiger partial charge is 0.497 e. The van der Waals surface area contributed by atoms with Crippen LogP contribution in [-0.4, -0.2) is 31.5 Å². The third kappa shape index (κ3) is 6.28. The fraction of sp³-hybridized carbons (Fsp3) is 0.105. The Morgan fingerprint density at radius 1 is 1.04 bits per heavy atom. The zero-order chi connectivity index (χ0) is 19.6. The number of rotatable bonds is 6. The van der Waals surface area contributed by atoms with Crippen LogP contribution < -0.4 is 15.6 Å². The molecule has 2 aromatic rings. The van der Waals surface area contributed by atoms with Crippen LogP contribution in [0, 0.1) is 5.82 Å². The first kappa shape index (κ1) is 19.6. The molecule has 0 unspecified atom stereocenters. The second-order valence-corrected chi connectivity index (χ2v) is 5.20. The number of benzene rings is 2. The van der Waals surface area contributed by atoms with E-state index in [0.29, 0.717) is 5.75 Å². The molecular formula is C19H17FN2O5. The third-order valence-electron chi connectivity index (χ3n) is 3.31. The Bertz CT molecular complexity index is 849. The number of amides is 2. The van der Waals surface area contributed by atoms with Gasteiger partial charge in [0.15, 0.2) is 6.61 Å². The molecule has 0 saturated heterocycles. The van der Waals surface area contributed by atoms with Gasteiger partial charge in [-0.2, -0.15) is 0 Å². The summed E-state index contributed by atoms with van der Waals surface area (Å²) in [6.45, 7) is -0.608. The molecule has 0 aliphatic rings. The number of halogens is 1. The fourth-order valence-corrected chi connectivity index (χ4v) is 1.94. The van der Waals surface area contributed by atoms with Crippen molar-refractivity contribution in [3.05, 3.63) is 71.6 Å². The number of carbonyl (C=O) groups excluding carboxylic acids is 3. The molecule has 0 heterocycles. The number of methoxy groups -OCH3 is 1. The summed E-state index contributed by atoms with van der Waals surface area (Å²) < 4.78 is 23.2. The number of hydrogen-bond acceptors (Lipinski definition) is 5. The lowest BCUT2D eigenvalue weighted by molar-refractivity contribution is -0.144. The molecule has 0 fully saturated rings. The lowest BCUT2D eigenvalue weighted by Gasteiger charge is -2.07. The molecule has 140 valence electrons. The second kappa shape index (κ2) is 9.71. The van der Waals surface area contributed by atoms with Gasteiger partial charge in [0, 0.05) is 6.08 Å². The minimum atomic E-state index is -0.827. The second-order valence-electron chi connectivity index (χ2n) is 5.20. The van der Waals surface area contributed by atoms with Gasteiger partial charge in [-0.3, -0.25) is 20.4 Å². The third-order valence-corrected chi connectivity index (χ3v) is 3.31. The van der Waals surface area contributed by atoms with Crippen molar-refractivity contribution >= 4 is 23.9 Å². The molecule has 2 N–H and O–H groups in total. The summed E-state index contributed by atoms with van der Waals surface area (Å²) in [4.78, 5) is 34.9. The Labute approximate surface area is 154 Å². The van der Waals surface area contributed by atoms with Gasteiger partial charge in [-0.15, -0.1) is 0 Å². The Morgan fingerprint density at radius 3 is 2.41 bits per heavy atom. The predicted octanol–water partition coefficient (Wildman–Crippen LogP) is 1.85. The van der Waals surface area contributed by atoms with Gasteiger partial charge in [0.2, 0.25) is 0 Å². The van der Waals surface area contributed by atoms with Crippen molar-refractivity contribution in [1.29, 1.82) is 0 Å². The smallest absolute Gasteiger partial charge is 0.331 e. The maximum atomic E-state index is 13.4. The van der Waals surface area contributed by atoms with E-state index < -0.39 is 30.2 Å². The quantitative estimate of drug-likeness (QED) is 0.459. The summed E-state index contributed by atoms with van der Waals surface area (Å²) in [5.41, 5.74) is 4.58. The van der Waals surface area contributed by atoms with Gasteiger partial charge in [-0.05, 0) is 35.9 Å². The van der Waals surface area contributed by atoms with Gasteiger partial charge < -0.3 is 9.47 Å². The van der Waals surface area contributed by atoms with E-state index in [2.05, 4.69) is 0 Å². The Morgan fingerprint density at radius 2 is 1.74 bits per heavy atom. The van der Waals surface area contributed by atoms with E-state index in [4.69, 9.17) is 9.47 Å². The lowest BCUT2D eigenvalue weighted by Crippen LogP contribution is -2.43. The highest BCUT2D eigenvalue weighted by Gasteiger charge is 2.12. The van der Waals surface area contributed by atoms with E-state index in [1.54, 1.807) is 31.4 Å². The molecule has 0 saturated carbocycles. The average molecular weight is 372 g/mol. The van der Waals surface area contributed by atoms with Crippen molar-refractivity contribution in [2.24, 2.45) is 0 Å². The molecule has 2 rings (SSSR count). The van der Waals surface area contributed by atoms with Crippen LogP contribution in [0.25, 0.3) is 6.08 Å². The first-order valence-corrected chi connectivity index (χ1v) is 7.82. The maximum absolute atomic E-state index is 13.4. The van der Waals surface area contributed by atoms with Crippen molar-refractivity contribution in [3.8, 4) is 5.75 Å². The summed E-state index contributed by atoms with van der Waals surface area (Å²) in [5, 5.41) is 0. The van der Waals surface area contributed by atoms with Crippen LogP contribution in [-0.2, 0) is 14.3 Å². The molecule has 0 spiro atoms. The maximum Gasteiger partial charge on any atom is 0.331 e. The van der Waals surface area contributed by atoms with Crippen molar-refractivity contribution in [1.82, 2.24) is 10.9 Å². The number of esters is 1. The normalized spacial score (nSPS) is 10.3. The number of hydrogen-bond donors (Lipinski definition) is 2. The topological polar surface area (TPSA) is 93.7 Å². The standard InChI is InChI=1S/C19H17FN2O5/c1-26-14-9-6-13(7-10-14)8-11-18(24)27-12-17(23)21-22-19(25)15-4-2-3-5-16(15)20/h2-11H,12H2,1H3,(H,21,23)(H,22,25)/b11-8+.